The number of benzene rings is 1. The summed E-state index contributed by atoms with van der Waals surface area (Å²) in [5, 5.41) is 77.1. The van der Waals surface area contributed by atoms with E-state index in [1.807, 2.05) is 5.32 Å². The van der Waals surface area contributed by atoms with E-state index < -0.39 is 151 Å². The van der Waals surface area contributed by atoms with Gasteiger partial charge in [0.1, 0.15) is 23.9 Å². The van der Waals surface area contributed by atoms with Crippen molar-refractivity contribution in [3.8, 4) is 0 Å². The molecular formula is C35H44N6O20. The second-order valence-corrected chi connectivity index (χ2v) is 13.2. The summed E-state index contributed by atoms with van der Waals surface area (Å²) in [5.74, 6) is -15.9. The lowest BCUT2D eigenvalue weighted by atomic mass is 9.94. The van der Waals surface area contributed by atoms with E-state index in [2.05, 4.69) is 21.3 Å². The Morgan fingerprint density at radius 3 is 1.36 bits per heavy atom. The number of amides is 5. The molecule has 0 aromatic heterocycles. The molecule has 61 heavy (non-hydrogen) atoms. The Morgan fingerprint density at radius 2 is 0.951 bits per heavy atom. The first kappa shape index (κ1) is 51.5. The van der Waals surface area contributed by atoms with Gasteiger partial charge in [-0.05, 0) is 31.7 Å². The fourth-order valence-corrected chi connectivity index (χ4v) is 5.18. The Balaban J connectivity index is 2.71. The third-order valence-corrected chi connectivity index (χ3v) is 8.28. The highest BCUT2D eigenvalue weighted by Gasteiger charge is 2.29. The Hall–Kier alpha value is -7.54. The first-order valence-corrected chi connectivity index (χ1v) is 18.1. The lowest BCUT2D eigenvalue weighted by Gasteiger charge is -2.17. The number of carbonyl (C=O) groups excluding carboxylic acids is 6. The molecule has 0 radical (unpaired) electrons. The van der Waals surface area contributed by atoms with Gasteiger partial charge < -0.3 is 57.2 Å². The normalized spacial score (nSPS) is 12.5. The number of carboxylic acid groups (broad SMARTS) is 6. The van der Waals surface area contributed by atoms with Gasteiger partial charge >= 0.3 is 35.8 Å². The van der Waals surface area contributed by atoms with Gasteiger partial charge in [0.05, 0.1) is 17.3 Å². The molecule has 5 amide bonds. The van der Waals surface area contributed by atoms with Crippen LogP contribution in [0.5, 0.6) is 0 Å². The molecule has 0 spiro atoms. The summed E-state index contributed by atoms with van der Waals surface area (Å²) in [6.45, 7) is -0.477. The number of nitrogens with zero attached hydrogens (tertiary/aromatic N) is 1. The van der Waals surface area contributed by atoms with Gasteiger partial charge in [0.15, 0.2) is 0 Å². The van der Waals surface area contributed by atoms with Crippen molar-refractivity contribution in [3.05, 3.63) is 39.4 Å². The number of hydrogen-bond acceptors (Lipinski definition) is 14. The molecule has 0 saturated heterocycles. The average Bonchev–Trinajstić information content (AvgIpc) is 3.16. The van der Waals surface area contributed by atoms with E-state index in [9.17, 15) is 83.0 Å². The molecule has 334 valence electrons. The topological polar surface area (TPSA) is 430 Å². The summed E-state index contributed by atoms with van der Waals surface area (Å²) in [6, 6.07) is -2.48. The third-order valence-electron chi connectivity index (χ3n) is 8.28. The van der Waals surface area contributed by atoms with E-state index >= 15 is 0 Å². The van der Waals surface area contributed by atoms with E-state index in [-0.39, 0.29) is 49.9 Å². The van der Waals surface area contributed by atoms with Gasteiger partial charge in [-0.1, -0.05) is 0 Å². The van der Waals surface area contributed by atoms with Crippen molar-refractivity contribution in [1.29, 1.82) is 0 Å². The standard InChI is InChI=1S/C35H44N6O20/c42-21(14-17(32(52)53)5-7-28(46)47)15-23(34(56)57)39-25(43)3-1-9-36-30(50)18-11-19(13-20(12-18)41(60)61)31(51)37-10-2-4-26(44)40-24(35(58)59)16-27(45)38-22(33(54)55)6-8-29(48)49/h11-13,17,22-24H,1-10,14-16H2,(H,36,50)(H,37,51)(H,38,45)(H,39,43)(H,40,44)(H,46,47)(H,48,49)(H,52,53)(H,54,55)(H,56,57)(H,58,59)/t17-,22+,23-,24-/m1/s1. The summed E-state index contributed by atoms with van der Waals surface area (Å²) in [4.78, 5) is 153. The zero-order chi connectivity index (χ0) is 46.4. The summed E-state index contributed by atoms with van der Waals surface area (Å²) >= 11 is 0. The number of carbonyl (C=O) groups is 12. The average molecular weight is 869 g/mol. The van der Waals surface area contributed by atoms with Gasteiger partial charge in [-0.3, -0.25) is 53.3 Å². The SMILES string of the molecule is O=C(O)CC[C@H](CC(=O)C[C@@H](NC(=O)CCCNC(=O)c1cc(C(=O)NCCCC(=O)N[C@H](CC(=O)N[C@@H](CCC(=O)O)C(=O)O)C(=O)O)cc([N+](=O)[O-])c1)C(=O)O)C(=O)O. The number of nitro groups is 1. The highest BCUT2D eigenvalue weighted by Crippen LogP contribution is 2.18. The summed E-state index contributed by atoms with van der Waals surface area (Å²) in [5.41, 5.74) is -1.37. The lowest BCUT2D eigenvalue weighted by molar-refractivity contribution is -0.384. The zero-order valence-electron chi connectivity index (χ0n) is 32.1. The van der Waals surface area contributed by atoms with Crippen LogP contribution in [0, 0.1) is 16.0 Å². The maximum Gasteiger partial charge on any atom is 0.326 e. The molecule has 0 heterocycles. The van der Waals surface area contributed by atoms with Crippen LogP contribution >= 0.6 is 0 Å². The predicted molar refractivity (Wildman–Crippen MR) is 199 cm³/mol. The number of ketones is 1. The van der Waals surface area contributed by atoms with Crippen molar-refractivity contribution >= 4 is 76.8 Å². The molecule has 1 rings (SSSR count). The number of non-ortho nitro benzene ring substituents is 1. The molecule has 26 heteroatoms. The van der Waals surface area contributed by atoms with Crippen molar-refractivity contribution < 1.29 is 93.1 Å². The first-order valence-electron chi connectivity index (χ1n) is 18.1. The van der Waals surface area contributed by atoms with E-state index in [1.165, 1.54) is 0 Å². The zero-order valence-corrected chi connectivity index (χ0v) is 32.1. The molecule has 0 bridgehead atoms. The number of nitro benzene ring substituents is 1. The van der Waals surface area contributed by atoms with Crippen molar-refractivity contribution in [2.45, 2.75) is 88.8 Å². The molecule has 0 aliphatic heterocycles. The number of hydrogen-bond donors (Lipinski definition) is 11. The van der Waals surface area contributed by atoms with Crippen LogP contribution in [0.15, 0.2) is 18.2 Å². The van der Waals surface area contributed by atoms with E-state index in [0.29, 0.717) is 0 Å². The van der Waals surface area contributed by atoms with Gasteiger partial charge in [-0.2, -0.15) is 0 Å². The Kier molecular flexibility index (Phi) is 21.7. The van der Waals surface area contributed by atoms with Crippen LogP contribution in [0.2, 0.25) is 0 Å². The van der Waals surface area contributed by atoms with E-state index in [1.54, 1.807) is 0 Å². The highest BCUT2D eigenvalue weighted by atomic mass is 16.6. The van der Waals surface area contributed by atoms with Crippen LogP contribution in [0.25, 0.3) is 0 Å². The second-order valence-electron chi connectivity index (χ2n) is 13.2. The third kappa shape index (κ3) is 20.6. The summed E-state index contributed by atoms with van der Waals surface area (Å²) in [7, 11) is 0. The number of aliphatic carboxylic acids is 6. The van der Waals surface area contributed by atoms with Crippen molar-refractivity contribution in [2.24, 2.45) is 5.92 Å². The van der Waals surface area contributed by atoms with E-state index in [0.717, 1.165) is 18.2 Å². The van der Waals surface area contributed by atoms with E-state index in [4.69, 9.17) is 15.3 Å². The highest BCUT2D eigenvalue weighted by molar-refractivity contribution is 6.01. The molecule has 0 fully saturated rings. The van der Waals surface area contributed by atoms with Crippen LogP contribution < -0.4 is 26.6 Å². The Morgan fingerprint density at radius 1 is 0.525 bits per heavy atom. The number of nitrogens with one attached hydrogen (secondary N) is 5. The molecule has 0 aliphatic carbocycles. The van der Waals surface area contributed by atoms with Gasteiger partial charge in [0.2, 0.25) is 17.7 Å². The molecular weight excluding hydrogens is 824 g/mol. The molecule has 1 aromatic carbocycles. The number of Topliss-reactive ketones (excluding diaryl/α,β-unsaturated/α-hetero) is 1. The van der Waals surface area contributed by atoms with Gasteiger partial charge in [0, 0.05) is 74.9 Å². The molecule has 0 aliphatic rings. The minimum absolute atomic E-state index is 0.107. The minimum Gasteiger partial charge on any atom is -0.481 e. The first-order chi connectivity index (χ1) is 28.5. The Bertz CT molecular complexity index is 1760. The quantitative estimate of drug-likeness (QED) is 0.0238. The molecule has 0 unspecified atom stereocenters. The maximum absolute atomic E-state index is 12.8. The summed E-state index contributed by atoms with van der Waals surface area (Å²) < 4.78 is 0. The van der Waals surface area contributed by atoms with Crippen LogP contribution in [0.3, 0.4) is 0 Å². The largest absolute Gasteiger partial charge is 0.481 e. The monoisotopic (exact) mass is 868 g/mol. The minimum atomic E-state index is -1.80. The van der Waals surface area contributed by atoms with Crippen LogP contribution in [0.4, 0.5) is 5.69 Å². The molecule has 1 aromatic rings. The van der Waals surface area contributed by atoms with Gasteiger partial charge in [-0.15, -0.1) is 0 Å². The smallest absolute Gasteiger partial charge is 0.326 e. The van der Waals surface area contributed by atoms with Crippen LogP contribution in [0.1, 0.15) is 91.3 Å². The van der Waals surface area contributed by atoms with Crippen LogP contribution in [-0.4, -0.2) is 138 Å². The fourth-order valence-electron chi connectivity index (χ4n) is 5.18. The molecule has 4 atom stereocenters. The van der Waals surface area contributed by atoms with Crippen molar-refractivity contribution in [3.63, 3.8) is 0 Å². The maximum atomic E-state index is 12.8. The fraction of sp³-hybridized carbons (Fsp3) is 0.486. The van der Waals surface area contributed by atoms with Crippen molar-refractivity contribution in [2.75, 3.05) is 13.1 Å². The molecule has 0 saturated carbocycles. The Labute approximate surface area is 343 Å². The van der Waals surface area contributed by atoms with Gasteiger partial charge in [0.25, 0.3) is 17.5 Å². The second kappa shape index (κ2) is 25.7. The molecule has 11 N–H and O–H groups in total. The molecule has 26 nitrogen and oxygen atoms in total. The number of rotatable bonds is 30. The van der Waals surface area contributed by atoms with Gasteiger partial charge in [-0.25, -0.2) is 14.4 Å². The van der Waals surface area contributed by atoms with Crippen molar-refractivity contribution in [1.82, 2.24) is 26.6 Å². The van der Waals surface area contributed by atoms with Crippen LogP contribution in [-0.2, 0) is 47.9 Å². The summed E-state index contributed by atoms with van der Waals surface area (Å²) in [6.07, 6.45) is -5.39. The lowest BCUT2D eigenvalue weighted by Crippen LogP contribution is -2.47. The number of carboxylic acids is 6. The predicted octanol–water partition coefficient (Wildman–Crippen LogP) is -1.51.